The number of likely N-dealkylation sites (N-methyl/N-ethyl adjacent to an activating group) is 1. The molecule has 0 aromatic carbocycles. The van der Waals surface area contributed by atoms with Gasteiger partial charge in [-0.2, -0.15) is 4.31 Å². The molecule has 0 radical (unpaired) electrons. The third-order valence-electron chi connectivity index (χ3n) is 3.20. The minimum absolute atomic E-state index is 0.00366. The molecule has 1 unspecified atom stereocenters. The maximum absolute atomic E-state index is 12.3. The summed E-state index contributed by atoms with van der Waals surface area (Å²) in [5.74, 6) is 0. The van der Waals surface area contributed by atoms with E-state index in [-0.39, 0.29) is 11.0 Å². The Morgan fingerprint density at radius 3 is 2.84 bits per heavy atom. The quantitative estimate of drug-likeness (QED) is 0.843. The number of nitrogens with zero attached hydrogens (tertiary/aromatic N) is 2. The van der Waals surface area contributed by atoms with Crippen LogP contribution in [0.15, 0.2) is 23.2 Å². The number of aromatic nitrogens is 1. The second-order valence-corrected chi connectivity index (χ2v) is 6.65. The third kappa shape index (κ3) is 3.30. The molecule has 0 spiro atoms. The highest BCUT2D eigenvalue weighted by molar-refractivity contribution is 7.89. The molecule has 1 aromatic rings. The molecular formula is C12H19N3O3S. The van der Waals surface area contributed by atoms with Crippen LogP contribution in [0.25, 0.3) is 0 Å². The van der Waals surface area contributed by atoms with E-state index < -0.39 is 10.0 Å². The van der Waals surface area contributed by atoms with Crippen molar-refractivity contribution in [2.75, 3.05) is 20.2 Å². The first-order valence-electron chi connectivity index (χ1n) is 6.27. The number of sulfonamides is 1. The maximum Gasteiger partial charge on any atom is 0.244 e. The summed E-state index contributed by atoms with van der Waals surface area (Å²) in [7, 11) is -1.94. The summed E-state index contributed by atoms with van der Waals surface area (Å²) in [5, 5.41) is 0. The van der Waals surface area contributed by atoms with Crippen LogP contribution in [0.3, 0.4) is 0 Å². The van der Waals surface area contributed by atoms with E-state index in [2.05, 4.69) is 4.98 Å². The summed E-state index contributed by atoms with van der Waals surface area (Å²) in [6.45, 7) is 1.39. The number of hydrogen-bond acceptors (Lipinski definition) is 5. The zero-order valence-corrected chi connectivity index (χ0v) is 11.8. The van der Waals surface area contributed by atoms with Gasteiger partial charge in [0.2, 0.25) is 10.0 Å². The number of pyridine rings is 1. The highest BCUT2D eigenvalue weighted by Crippen LogP contribution is 2.18. The van der Waals surface area contributed by atoms with Gasteiger partial charge in [0.15, 0.2) is 0 Å². The van der Waals surface area contributed by atoms with Crippen molar-refractivity contribution in [3.8, 4) is 0 Å². The molecule has 1 atom stereocenters. The SMILES string of the molecule is CN(CC1CCCO1)S(=O)(=O)c1ccc(CN)nc1. The van der Waals surface area contributed by atoms with Crippen molar-refractivity contribution >= 4 is 10.0 Å². The smallest absolute Gasteiger partial charge is 0.244 e. The Hall–Kier alpha value is -1.02. The van der Waals surface area contributed by atoms with Gasteiger partial charge < -0.3 is 10.5 Å². The molecule has 1 aliphatic rings. The second-order valence-electron chi connectivity index (χ2n) is 4.61. The number of hydrogen-bond donors (Lipinski definition) is 1. The Labute approximate surface area is 113 Å². The van der Waals surface area contributed by atoms with Crippen molar-refractivity contribution in [3.05, 3.63) is 24.0 Å². The minimum Gasteiger partial charge on any atom is -0.377 e. The lowest BCUT2D eigenvalue weighted by Crippen LogP contribution is -2.34. The van der Waals surface area contributed by atoms with Crippen LogP contribution in [-0.2, 0) is 21.3 Å². The highest BCUT2D eigenvalue weighted by Gasteiger charge is 2.26. The van der Waals surface area contributed by atoms with Crippen LogP contribution < -0.4 is 5.73 Å². The maximum atomic E-state index is 12.3. The van der Waals surface area contributed by atoms with Crippen LogP contribution in [0.4, 0.5) is 0 Å². The Bertz CT molecular complexity index is 510. The second kappa shape index (κ2) is 5.96. The highest BCUT2D eigenvalue weighted by atomic mass is 32.2. The van der Waals surface area contributed by atoms with Crippen molar-refractivity contribution in [2.24, 2.45) is 5.73 Å². The first kappa shape index (κ1) is 14.4. The molecule has 1 fully saturated rings. The first-order chi connectivity index (χ1) is 9.04. The molecule has 1 aromatic heterocycles. The number of nitrogens with two attached hydrogens (primary N) is 1. The fourth-order valence-corrected chi connectivity index (χ4v) is 3.19. The first-order valence-corrected chi connectivity index (χ1v) is 7.71. The molecule has 19 heavy (non-hydrogen) atoms. The van der Waals surface area contributed by atoms with Gasteiger partial charge in [-0.05, 0) is 25.0 Å². The molecule has 0 amide bonds. The molecule has 2 rings (SSSR count). The van der Waals surface area contributed by atoms with Gasteiger partial charge in [0, 0.05) is 32.9 Å². The Kier molecular flexibility index (Phi) is 4.51. The molecule has 0 bridgehead atoms. The third-order valence-corrected chi connectivity index (χ3v) is 5.01. The zero-order chi connectivity index (χ0) is 13.9. The summed E-state index contributed by atoms with van der Waals surface area (Å²) in [6, 6.07) is 3.17. The topological polar surface area (TPSA) is 85.5 Å². The molecule has 0 saturated carbocycles. The molecule has 106 valence electrons. The van der Waals surface area contributed by atoms with Crippen molar-refractivity contribution in [1.29, 1.82) is 0 Å². The summed E-state index contributed by atoms with van der Waals surface area (Å²) in [4.78, 5) is 4.20. The van der Waals surface area contributed by atoms with Gasteiger partial charge in [-0.3, -0.25) is 4.98 Å². The summed E-state index contributed by atoms with van der Waals surface area (Å²) in [5.41, 5.74) is 6.11. The fraction of sp³-hybridized carbons (Fsp3) is 0.583. The Balaban J connectivity index is 2.10. The lowest BCUT2D eigenvalue weighted by Gasteiger charge is -2.20. The van der Waals surface area contributed by atoms with Gasteiger partial charge in [0.1, 0.15) is 4.90 Å². The van der Waals surface area contributed by atoms with Crippen molar-refractivity contribution < 1.29 is 13.2 Å². The lowest BCUT2D eigenvalue weighted by atomic mass is 10.2. The van der Waals surface area contributed by atoms with Crippen LogP contribution >= 0.6 is 0 Å². The van der Waals surface area contributed by atoms with Gasteiger partial charge in [-0.15, -0.1) is 0 Å². The molecule has 7 heteroatoms. The van der Waals surface area contributed by atoms with Gasteiger partial charge in [-0.1, -0.05) is 0 Å². The normalized spacial score (nSPS) is 20.1. The van der Waals surface area contributed by atoms with Gasteiger partial charge >= 0.3 is 0 Å². The summed E-state index contributed by atoms with van der Waals surface area (Å²) in [6.07, 6.45) is 3.25. The van der Waals surface area contributed by atoms with Crippen molar-refractivity contribution in [3.63, 3.8) is 0 Å². The monoisotopic (exact) mass is 285 g/mol. The molecule has 1 aliphatic heterocycles. The van der Waals surface area contributed by atoms with E-state index in [4.69, 9.17) is 10.5 Å². The number of ether oxygens (including phenoxy) is 1. The molecule has 2 N–H and O–H groups in total. The average Bonchev–Trinajstić information content (AvgIpc) is 2.91. The van der Waals surface area contributed by atoms with E-state index in [0.717, 1.165) is 12.8 Å². The van der Waals surface area contributed by atoms with Crippen LogP contribution in [0.2, 0.25) is 0 Å². The van der Waals surface area contributed by atoms with Gasteiger partial charge in [-0.25, -0.2) is 8.42 Å². The molecule has 1 saturated heterocycles. The molecule has 2 heterocycles. The van der Waals surface area contributed by atoms with E-state index in [0.29, 0.717) is 25.4 Å². The average molecular weight is 285 g/mol. The van der Waals surface area contributed by atoms with E-state index in [1.54, 1.807) is 13.1 Å². The Morgan fingerprint density at radius 2 is 2.32 bits per heavy atom. The molecular weight excluding hydrogens is 266 g/mol. The standard InChI is InChI=1S/C12H19N3O3S/c1-15(9-11-3-2-6-18-11)19(16,17)12-5-4-10(7-13)14-8-12/h4-5,8,11H,2-3,6-7,9,13H2,1H3. The minimum atomic E-state index is -3.50. The van der Waals surface area contributed by atoms with Crippen molar-refractivity contribution in [1.82, 2.24) is 9.29 Å². The van der Waals surface area contributed by atoms with Crippen LogP contribution in [0.1, 0.15) is 18.5 Å². The predicted octanol–water partition coefficient (Wildman–Crippen LogP) is 0.340. The van der Waals surface area contributed by atoms with Gasteiger partial charge in [0.25, 0.3) is 0 Å². The zero-order valence-electron chi connectivity index (χ0n) is 10.9. The lowest BCUT2D eigenvalue weighted by molar-refractivity contribution is 0.0979. The fourth-order valence-electron chi connectivity index (χ4n) is 2.04. The van der Waals surface area contributed by atoms with Crippen LogP contribution in [0.5, 0.6) is 0 Å². The van der Waals surface area contributed by atoms with E-state index in [1.165, 1.54) is 16.6 Å². The van der Waals surface area contributed by atoms with E-state index in [1.807, 2.05) is 0 Å². The molecule has 6 nitrogen and oxygen atoms in total. The van der Waals surface area contributed by atoms with E-state index >= 15 is 0 Å². The predicted molar refractivity (Wildman–Crippen MR) is 70.9 cm³/mol. The largest absolute Gasteiger partial charge is 0.377 e. The summed E-state index contributed by atoms with van der Waals surface area (Å²) >= 11 is 0. The number of rotatable bonds is 5. The van der Waals surface area contributed by atoms with Crippen LogP contribution in [0, 0.1) is 0 Å². The summed E-state index contributed by atoms with van der Waals surface area (Å²) < 4.78 is 31.4. The molecule has 0 aliphatic carbocycles. The Morgan fingerprint density at radius 1 is 1.53 bits per heavy atom. The van der Waals surface area contributed by atoms with Crippen molar-refractivity contribution in [2.45, 2.75) is 30.4 Å². The van der Waals surface area contributed by atoms with E-state index in [9.17, 15) is 8.42 Å². The van der Waals surface area contributed by atoms with Gasteiger partial charge in [0.05, 0.1) is 11.8 Å². The van der Waals surface area contributed by atoms with Crippen LogP contribution in [-0.4, -0.2) is 44.0 Å².